The summed E-state index contributed by atoms with van der Waals surface area (Å²) < 4.78 is 0. The molecule has 0 fully saturated rings. The van der Waals surface area contributed by atoms with Crippen LogP contribution in [0.4, 0.5) is 11.5 Å². The van der Waals surface area contributed by atoms with Crippen molar-refractivity contribution in [1.82, 2.24) is 4.98 Å². The number of aromatic nitrogens is 1. The molecule has 0 bridgehead atoms. The molecule has 1 heterocycles. The summed E-state index contributed by atoms with van der Waals surface area (Å²) in [7, 11) is 0. The third-order valence-electron chi connectivity index (χ3n) is 2.84. The topological polar surface area (TPSA) is 50.9 Å². The van der Waals surface area contributed by atoms with Crippen LogP contribution >= 0.6 is 0 Å². The Labute approximate surface area is 105 Å². The van der Waals surface area contributed by atoms with Gasteiger partial charge in [0.25, 0.3) is 0 Å². The van der Waals surface area contributed by atoms with Crippen molar-refractivity contribution in [2.45, 2.75) is 41.0 Å². The average molecular weight is 235 g/mol. The number of hydrogen-bond donors (Lipinski definition) is 2. The lowest BCUT2D eigenvalue weighted by Crippen LogP contribution is -2.25. The summed E-state index contributed by atoms with van der Waals surface area (Å²) in [6.45, 7) is 11.9. The summed E-state index contributed by atoms with van der Waals surface area (Å²) in [5, 5.41) is 3.39. The lowest BCUT2D eigenvalue weighted by Gasteiger charge is -2.27. The Morgan fingerprint density at radius 3 is 2.53 bits per heavy atom. The number of anilines is 2. The molecule has 0 amide bonds. The molecular weight excluding hydrogens is 210 g/mol. The van der Waals surface area contributed by atoms with E-state index in [0.717, 1.165) is 23.7 Å². The van der Waals surface area contributed by atoms with Crippen molar-refractivity contribution in [1.29, 1.82) is 0 Å². The quantitative estimate of drug-likeness (QED) is 0.821. The van der Waals surface area contributed by atoms with Gasteiger partial charge in [-0.1, -0.05) is 27.7 Å². The van der Waals surface area contributed by atoms with Gasteiger partial charge in [0.05, 0.1) is 11.4 Å². The molecule has 0 spiro atoms. The highest BCUT2D eigenvalue weighted by Gasteiger charge is 2.19. The summed E-state index contributed by atoms with van der Waals surface area (Å²) in [5.74, 6) is 1.63. The second-order valence-electron chi connectivity index (χ2n) is 5.99. The van der Waals surface area contributed by atoms with E-state index in [-0.39, 0.29) is 5.41 Å². The Balaban J connectivity index is 2.58. The Hall–Kier alpha value is -1.25. The first-order valence-corrected chi connectivity index (χ1v) is 6.27. The van der Waals surface area contributed by atoms with E-state index in [4.69, 9.17) is 5.73 Å². The zero-order chi connectivity index (χ0) is 13.1. The first-order chi connectivity index (χ1) is 7.80. The molecule has 96 valence electrons. The summed E-state index contributed by atoms with van der Waals surface area (Å²) in [6.07, 6.45) is 1.20. The van der Waals surface area contributed by atoms with Crippen LogP contribution in [-0.4, -0.2) is 11.5 Å². The van der Waals surface area contributed by atoms with E-state index in [1.165, 1.54) is 6.42 Å². The number of nitrogen functional groups attached to an aromatic ring is 1. The number of nitrogens with one attached hydrogen (secondary N) is 1. The summed E-state index contributed by atoms with van der Waals surface area (Å²) in [4.78, 5) is 4.42. The van der Waals surface area contributed by atoms with Gasteiger partial charge >= 0.3 is 0 Å². The minimum atomic E-state index is 0.283. The summed E-state index contributed by atoms with van der Waals surface area (Å²) >= 11 is 0. The molecule has 0 saturated heterocycles. The zero-order valence-electron chi connectivity index (χ0n) is 11.7. The van der Waals surface area contributed by atoms with Crippen molar-refractivity contribution >= 4 is 11.5 Å². The molecule has 0 aliphatic heterocycles. The highest BCUT2D eigenvalue weighted by molar-refractivity contribution is 5.49. The third kappa shape index (κ3) is 4.63. The molecule has 1 aromatic rings. The van der Waals surface area contributed by atoms with E-state index in [9.17, 15) is 0 Å². The van der Waals surface area contributed by atoms with Crippen LogP contribution in [0.25, 0.3) is 0 Å². The van der Waals surface area contributed by atoms with Gasteiger partial charge < -0.3 is 11.1 Å². The fourth-order valence-electron chi connectivity index (χ4n) is 2.18. The standard InChI is InChI=1S/C14H25N3/c1-10(2)8-14(4,5)9-16-13-7-6-12(15)11(3)17-13/h6-7,10H,8-9,15H2,1-5H3,(H,16,17). The van der Waals surface area contributed by atoms with E-state index < -0.39 is 0 Å². The number of rotatable bonds is 5. The number of aryl methyl sites for hydroxylation is 1. The van der Waals surface area contributed by atoms with Gasteiger partial charge in [0.15, 0.2) is 0 Å². The predicted octanol–water partition coefficient (Wildman–Crippen LogP) is 3.46. The van der Waals surface area contributed by atoms with Crippen molar-refractivity contribution in [2.24, 2.45) is 11.3 Å². The van der Waals surface area contributed by atoms with E-state index in [1.54, 1.807) is 0 Å². The molecule has 3 N–H and O–H groups in total. The van der Waals surface area contributed by atoms with Crippen LogP contribution < -0.4 is 11.1 Å². The van der Waals surface area contributed by atoms with Crippen molar-refractivity contribution in [3.05, 3.63) is 17.8 Å². The molecule has 3 nitrogen and oxygen atoms in total. The van der Waals surface area contributed by atoms with E-state index >= 15 is 0 Å². The first-order valence-electron chi connectivity index (χ1n) is 6.27. The molecule has 1 aromatic heterocycles. The molecule has 0 aromatic carbocycles. The Kier molecular flexibility index (Phi) is 4.38. The molecule has 1 rings (SSSR count). The number of hydrogen-bond acceptors (Lipinski definition) is 3. The van der Waals surface area contributed by atoms with Crippen LogP contribution in [0.5, 0.6) is 0 Å². The van der Waals surface area contributed by atoms with E-state index in [0.29, 0.717) is 5.92 Å². The van der Waals surface area contributed by atoms with E-state index in [2.05, 4.69) is 38.0 Å². The van der Waals surface area contributed by atoms with Crippen LogP contribution in [0.1, 0.15) is 39.8 Å². The first kappa shape index (κ1) is 13.8. The van der Waals surface area contributed by atoms with Crippen LogP contribution in [0.2, 0.25) is 0 Å². The third-order valence-corrected chi connectivity index (χ3v) is 2.84. The van der Waals surface area contributed by atoms with Crippen molar-refractivity contribution in [3.63, 3.8) is 0 Å². The zero-order valence-corrected chi connectivity index (χ0v) is 11.7. The average Bonchev–Trinajstić information content (AvgIpc) is 2.18. The monoisotopic (exact) mass is 235 g/mol. The fraction of sp³-hybridized carbons (Fsp3) is 0.643. The molecule has 0 saturated carbocycles. The van der Waals surface area contributed by atoms with E-state index in [1.807, 2.05) is 19.1 Å². The Morgan fingerprint density at radius 1 is 1.35 bits per heavy atom. The number of pyridine rings is 1. The number of nitrogens with two attached hydrogens (primary N) is 1. The minimum Gasteiger partial charge on any atom is -0.397 e. The summed E-state index contributed by atoms with van der Waals surface area (Å²) in [6, 6.07) is 3.84. The predicted molar refractivity (Wildman–Crippen MR) is 75.1 cm³/mol. The van der Waals surface area contributed by atoms with Gasteiger partial charge in [0.1, 0.15) is 5.82 Å². The highest BCUT2D eigenvalue weighted by atomic mass is 15.0. The molecule has 3 heteroatoms. The van der Waals surface area contributed by atoms with Gasteiger partial charge in [-0.2, -0.15) is 0 Å². The molecule has 0 aliphatic rings. The van der Waals surface area contributed by atoms with Gasteiger partial charge in [-0.3, -0.25) is 0 Å². The normalized spacial score (nSPS) is 11.9. The van der Waals surface area contributed by atoms with Crippen LogP contribution in [0.15, 0.2) is 12.1 Å². The maximum atomic E-state index is 5.75. The second kappa shape index (κ2) is 5.39. The highest BCUT2D eigenvalue weighted by Crippen LogP contribution is 2.25. The fourth-order valence-corrected chi connectivity index (χ4v) is 2.18. The van der Waals surface area contributed by atoms with Crippen LogP contribution in [0.3, 0.4) is 0 Å². The second-order valence-corrected chi connectivity index (χ2v) is 5.99. The van der Waals surface area contributed by atoms with Crippen LogP contribution in [0, 0.1) is 18.3 Å². The molecular formula is C14H25N3. The van der Waals surface area contributed by atoms with Gasteiger partial charge in [-0.05, 0) is 36.8 Å². The smallest absolute Gasteiger partial charge is 0.126 e. The van der Waals surface area contributed by atoms with Crippen LogP contribution in [-0.2, 0) is 0 Å². The SMILES string of the molecule is Cc1nc(NCC(C)(C)CC(C)C)ccc1N. The van der Waals surface area contributed by atoms with Crippen molar-refractivity contribution < 1.29 is 0 Å². The van der Waals surface area contributed by atoms with Crippen molar-refractivity contribution in [2.75, 3.05) is 17.6 Å². The maximum absolute atomic E-state index is 5.75. The maximum Gasteiger partial charge on any atom is 0.126 e. The lowest BCUT2D eigenvalue weighted by atomic mass is 9.84. The molecule has 0 atom stereocenters. The molecule has 17 heavy (non-hydrogen) atoms. The van der Waals surface area contributed by atoms with Gasteiger partial charge in [-0.15, -0.1) is 0 Å². The molecule has 0 aliphatic carbocycles. The minimum absolute atomic E-state index is 0.283. The van der Waals surface area contributed by atoms with Gasteiger partial charge in [0, 0.05) is 6.54 Å². The molecule has 0 radical (unpaired) electrons. The number of nitrogens with zero attached hydrogens (tertiary/aromatic N) is 1. The summed E-state index contributed by atoms with van der Waals surface area (Å²) in [5.41, 5.74) is 7.66. The van der Waals surface area contributed by atoms with Crippen molar-refractivity contribution in [3.8, 4) is 0 Å². The Bertz CT molecular complexity index is 370. The van der Waals surface area contributed by atoms with Gasteiger partial charge in [0.2, 0.25) is 0 Å². The Morgan fingerprint density at radius 2 is 2.00 bits per heavy atom. The lowest BCUT2D eigenvalue weighted by molar-refractivity contribution is 0.306. The largest absolute Gasteiger partial charge is 0.397 e. The van der Waals surface area contributed by atoms with Gasteiger partial charge in [-0.25, -0.2) is 4.98 Å². The molecule has 0 unspecified atom stereocenters.